The summed E-state index contributed by atoms with van der Waals surface area (Å²) < 4.78 is 13.1. The second-order valence-electron chi connectivity index (χ2n) is 6.55. The summed E-state index contributed by atoms with van der Waals surface area (Å²) in [6, 6.07) is 11.8. The largest absolute Gasteiger partial charge is 0.354 e. The van der Waals surface area contributed by atoms with E-state index in [1.54, 1.807) is 17.2 Å². The quantitative estimate of drug-likeness (QED) is 0.788. The zero-order valence-corrected chi connectivity index (χ0v) is 15.6. The Kier molecular flexibility index (Phi) is 6.78. The first-order valence-electron chi connectivity index (χ1n) is 9.32. The molecule has 0 atom stereocenters. The van der Waals surface area contributed by atoms with E-state index in [0.717, 1.165) is 11.4 Å². The molecule has 28 heavy (non-hydrogen) atoms. The Balaban J connectivity index is 1.33. The molecule has 0 saturated carbocycles. The van der Waals surface area contributed by atoms with Crippen LogP contribution in [-0.4, -0.2) is 61.1 Å². The van der Waals surface area contributed by atoms with E-state index in [1.165, 1.54) is 12.1 Å². The minimum absolute atomic E-state index is 0.0809. The van der Waals surface area contributed by atoms with Crippen LogP contribution in [0.25, 0.3) is 0 Å². The Morgan fingerprint density at radius 2 is 1.86 bits per heavy atom. The first kappa shape index (κ1) is 19.6. The molecule has 7 nitrogen and oxygen atoms in total. The molecular formula is C20H24FN5O2. The van der Waals surface area contributed by atoms with Gasteiger partial charge < -0.3 is 20.4 Å². The third-order valence-corrected chi connectivity index (χ3v) is 4.57. The Morgan fingerprint density at radius 1 is 1.04 bits per heavy atom. The third kappa shape index (κ3) is 5.67. The minimum atomic E-state index is -0.292. The molecule has 3 rings (SSSR count). The molecule has 0 spiro atoms. The number of pyridine rings is 1. The molecule has 1 saturated heterocycles. The van der Waals surface area contributed by atoms with Crippen molar-refractivity contribution in [1.29, 1.82) is 0 Å². The Hall–Kier alpha value is -3.16. The summed E-state index contributed by atoms with van der Waals surface area (Å²) in [4.78, 5) is 32.3. The van der Waals surface area contributed by atoms with E-state index in [4.69, 9.17) is 0 Å². The van der Waals surface area contributed by atoms with Crippen LogP contribution >= 0.6 is 0 Å². The molecule has 2 N–H and O–H groups in total. The van der Waals surface area contributed by atoms with E-state index in [9.17, 15) is 14.0 Å². The highest BCUT2D eigenvalue weighted by Crippen LogP contribution is 2.12. The lowest BCUT2D eigenvalue weighted by molar-refractivity contribution is -0.120. The number of carbonyl (C=O) groups is 2. The van der Waals surface area contributed by atoms with Crippen molar-refractivity contribution < 1.29 is 14.0 Å². The highest BCUT2D eigenvalue weighted by Gasteiger charge is 2.21. The molecule has 0 unspecified atom stereocenters. The smallest absolute Gasteiger partial charge is 0.317 e. The topological polar surface area (TPSA) is 77.6 Å². The fourth-order valence-electron chi connectivity index (χ4n) is 3.05. The number of nitrogens with one attached hydrogen (secondary N) is 2. The highest BCUT2D eigenvalue weighted by atomic mass is 19.1. The van der Waals surface area contributed by atoms with E-state index >= 15 is 0 Å². The SMILES string of the molecule is O=C(CNC(=O)N1CCN(c2ccccn2)CC1)NCCc1cccc(F)c1. The summed E-state index contributed by atoms with van der Waals surface area (Å²) in [7, 11) is 0. The van der Waals surface area contributed by atoms with Crippen molar-refractivity contribution in [3.8, 4) is 0 Å². The lowest BCUT2D eigenvalue weighted by Crippen LogP contribution is -2.53. The van der Waals surface area contributed by atoms with Crippen molar-refractivity contribution >= 4 is 17.8 Å². The van der Waals surface area contributed by atoms with Crippen LogP contribution in [0.3, 0.4) is 0 Å². The molecular weight excluding hydrogens is 361 g/mol. The molecule has 0 bridgehead atoms. The van der Waals surface area contributed by atoms with Crippen molar-refractivity contribution in [2.24, 2.45) is 0 Å². The number of nitrogens with zero attached hydrogens (tertiary/aromatic N) is 3. The number of aromatic nitrogens is 1. The molecule has 1 fully saturated rings. The summed E-state index contributed by atoms with van der Waals surface area (Å²) in [5, 5.41) is 5.37. The number of benzene rings is 1. The van der Waals surface area contributed by atoms with Crippen LogP contribution in [0, 0.1) is 5.82 Å². The number of amides is 3. The molecule has 8 heteroatoms. The fraction of sp³-hybridized carbons (Fsp3) is 0.350. The number of urea groups is 1. The van der Waals surface area contributed by atoms with Gasteiger partial charge in [-0.05, 0) is 36.2 Å². The van der Waals surface area contributed by atoms with Gasteiger partial charge in [-0.1, -0.05) is 18.2 Å². The number of hydrogen-bond acceptors (Lipinski definition) is 4. The number of piperazine rings is 1. The van der Waals surface area contributed by atoms with Gasteiger partial charge in [-0.2, -0.15) is 0 Å². The number of halogens is 1. The lowest BCUT2D eigenvalue weighted by atomic mass is 10.1. The van der Waals surface area contributed by atoms with Gasteiger partial charge in [-0.25, -0.2) is 14.2 Å². The molecule has 1 aromatic carbocycles. The van der Waals surface area contributed by atoms with Crippen LogP contribution in [0.2, 0.25) is 0 Å². The van der Waals surface area contributed by atoms with Gasteiger partial charge in [0.2, 0.25) is 5.91 Å². The molecule has 2 heterocycles. The van der Waals surface area contributed by atoms with E-state index in [1.807, 2.05) is 24.3 Å². The van der Waals surface area contributed by atoms with Gasteiger partial charge in [0.1, 0.15) is 11.6 Å². The molecule has 1 aliphatic rings. The van der Waals surface area contributed by atoms with Gasteiger partial charge in [0, 0.05) is 38.9 Å². The van der Waals surface area contributed by atoms with Crippen LogP contribution in [0.5, 0.6) is 0 Å². The normalized spacial score (nSPS) is 13.9. The third-order valence-electron chi connectivity index (χ3n) is 4.57. The number of anilines is 1. The maximum atomic E-state index is 13.1. The number of rotatable bonds is 6. The van der Waals surface area contributed by atoms with Crippen molar-refractivity contribution in [3.05, 3.63) is 60.0 Å². The fourth-order valence-corrected chi connectivity index (χ4v) is 3.05. The van der Waals surface area contributed by atoms with Gasteiger partial charge in [0.25, 0.3) is 0 Å². The van der Waals surface area contributed by atoms with Crippen LogP contribution in [0.4, 0.5) is 15.0 Å². The average molecular weight is 385 g/mol. The second-order valence-corrected chi connectivity index (χ2v) is 6.55. The summed E-state index contributed by atoms with van der Waals surface area (Å²) in [5.41, 5.74) is 0.815. The Bertz CT molecular complexity index is 794. The molecule has 1 aromatic heterocycles. The van der Waals surface area contributed by atoms with E-state index in [-0.39, 0.29) is 24.3 Å². The maximum Gasteiger partial charge on any atom is 0.317 e. The van der Waals surface area contributed by atoms with Crippen LogP contribution in [0.15, 0.2) is 48.7 Å². The Labute approximate surface area is 163 Å². The lowest BCUT2D eigenvalue weighted by Gasteiger charge is -2.35. The number of carbonyl (C=O) groups excluding carboxylic acids is 2. The van der Waals surface area contributed by atoms with E-state index in [0.29, 0.717) is 39.1 Å². The van der Waals surface area contributed by atoms with Gasteiger partial charge >= 0.3 is 6.03 Å². The van der Waals surface area contributed by atoms with Crippen LogP contribution < -0.4 is 15.5 Å². The van der Waals surface area contributed by atoms with E-state index < -0.39 is 0 Å². The van der Waals surface area contributed by atoms with Crippen molar-refractivity contribution in [2.45, 2.75) is 6.42 Å². The predicted molar refractivity (Wildman–Crippen MR) is 105 cm³/mol. The summed E-state index contributed by atoms with van der Waals surface area (Å²) >= 11 is 0. The van der Waals surface area contributed by atoms with Gasteiger partial charge in [0.15, 0.2) is 0 Å². The molecule has 1 aliphatic heterocycles. The minimum Gasteiger partial charge on any atom is -0.354 e. The monoisotopic (exact) mass is 385 g/mol. The van der Waals surface area contributed by atoms with Crippen molar-refractivity contribution in [3.63, 3.8) is 0 Å². The highest BCUT2D eigenvalue weighted by molar-refractivity contribution is 5.84. The zero-order chi connectivity index (χ0) is 19.8. The second kappa shape index (κ2) is 9.68. The van der Waals surface area contributed by atoms with Gasteiger partial charge in [0.05, 0.1) is 6.54 Å². The summed E-state index contributed by atoms with van der Waals surface area (Å²) in [6.07, 6.45) is 2.29. The molecule has 0 aliphatic carbocycles. The van der Waals surface area contributed by atoms with Gasteiger partial charge in [-0.3, -0.25) is 4.79 Å². The maximum absolute atomic E-state index is 13.1. The predicted octanol–water partition coefficient (Wildman–Crippen LogP) is 1.41. The zero-order valence-electron chi connectivity index (χ0n) is 15.6. The van der Waals surface area contributed by atoms with Gasteiger partial charge in [-0.15, -0.1) is 0 Å². The first-order chi connectivity index (χ1) is 13.6. The molecule has 148 valence electrons. The average Bonchev–Trinajstić information content (AvgIpc) is 2.73. The number of hydrogen-bond donors (Lipinski definition) is 2. The summed E-state index contributed by atoms with van der Waals surface area (Å²) in [5.74, 6) is 0.344. The van der Waals surface area contributed by atoms with Crippen molar-refractivity contribution in [2.75, 3.05) is 44.2 Å². The Morgan fingerprint density at radius 3 is 2.57 bits per heavy atom. The standard InChI is InChI=1S/C20H24FN5O2/c21-17-5-3-4-16(14-17)7-9-23-19(27)15-24-20(28)26-12-10-25(11-13-26)18-6-1-2-8-22-18/h1-6,8,14H,7,9-13,15H2,(H,23,27)(H,24,28). The molecule has 0 radical (unpaired) electrons. The first-order valence-corrected chi connectivity index (χ1v) is 9.32. The van der Waals surface area contributed by atoms with E-state index in [2.05, 4.69) is 20.5 Å². The van der Waals surface area contributed by atoms with Crippen molar-refractivity contribution in [1.82, 2.24) is 20.5 Å². The van der Waals surface area contributed by atoms with Crippen LogP contribution in [-0.2, 0) is 11.2 Å². The summed E-state index contributed by atoms with van der Waals surface area (Å²) in [6.45, 7) is 2.85. The molecule has 2 aromatic rings. The van der Waals surface area contributed by atoms with Crippen LogP contribution in [0.1, 0.15) is 5.56 Å². The molecule has 3 amide bonds.